The van der Waals surface area contributed by atoms with Gasteiger partial charge in [0.15, 0.2) is 27.3 Å². The monoisotopic (exact) mass is 701 g/mol. The lowest BCUT2D eigenvalue weighted by Crippen LogP contribution is -2.55. The normalized spacial score (nSPS) is 27.7. The smallest absolute Gasteiger partial charge is 0.410 e. The van der Waals surface area contributed by atoms with Crippen LogP contribution in [-0.4, -0.2) is 84.6 Å². The largest absolute Gasteiger partial charge is 0.453 e. The van der Waals surface area contributed by atoms with E-state index in [9.17, 15) is 46.2 Å². The molecule has 11 nitrogen and oxygen atoms in total. The van der Waals surface area contributed by atoms with E-state index in [-0.39, 0.29) is 53.5 Å². The highest BCUT2D eigenvalue weighted by molar-refractivity contribution is 7.92. The third-order valence-corrected chi connectivity index (χ3v) is 12.5. The van der Waals surface area contributed by atoms with Gasteiger partial charge in [-0.25, -0.2) is 26.4 Å². The molecule has 1 heterocycles. The number of sulfone groups is 1. The summed E-state index contributed by atoms with van der Waals surface area (Å²) in [5.74, 6) is -7.47. The predicted octanol–water partition coefficient (Wildman–Crippen LogP) is 3.66. The fourth-order valence-corrected chi connectivity index (χ4v) is 9.79. The van der Waals surface area contributed by atoms with Crippen molar-refractivity contribution in [1.29, 1.82) is 0 Å². The number of fused-ring (bicyclic) bond motifs is 2. The molecule has 5 rings (SSSR count). The van der Waals surface area contributed by atoms with Gasteiger partial charge in [0.25, 0.3) is 5.91 Å². The highest BCUT2D eigenvalue weighted by Gasteiger charge is 2.58. The summed E-state index contributed by atoms with van der Waals surface area (Å²) in [5, 5.41) is 25.8. The molecule has 3 aliphatic rings. The molecule has 16 heteroatoms. The number of amides is 3. The average Bonchev–Trinajstić information content (AvgIpc) is 3.46. The van der Waals surface area contributed by atoms with Crippen LogP contribution in [0, 0.1) is 35.2 Å². The molecule has 0 spiro atoms. The van der Waals surface area contributed by atoms with Gasteiger partial charge in [0.05, 0.1) is 40.5 Å². The van der Waals surface area contributed by atoms with Crippen molar-refractivity contribution in [2.24, 2.45) is 17.8 Å². The van der Waals surface area contributed by atoms with Crippen molar-refractivity contribution < 1.29 is 50.9 Å². The second-order valence-corrected chi connectivity index (χ2v) is 15.1. The summed E-state index contributed by atoms with van der Waals surface area (Å²) >= 11 is 6.30. The van der Waals surface area contributed by atoms with Crippen LogP contribution in [0.15, 0.2) is 35.2 Å². The lowest BCUT2D eigenvalue weighted by Gasteiger charge is -2.46. The molecule has 1 saturated heterocycles. The number of carbonyl (C=O) groups is 3. The van der Waals surface area contributed by atoms with E-state index in [1.165, 1.54) is 19.2 Å². The summed E-state index contributed by atoms with van der Waals surface area (Å²) in [5.41, 5.74) is -1.83. The highest BCUT2D eigenvalue weighted by atomic mass is 35.5. The Morgan fingerprint density at radius 1 is 1.09 bits per heavy atom. The van der Waals surface area contributed by atoms with E-state index in [2.05, 4.69) is 10.6 Å². The van der Waals surface area contributed by atoms with Gasteiger partial charge in [-0.1, -0.05) is 18.5 Å². The number of carbonyl (C=O) groups excluding carboxylic acids is 3. The van der Waals surface area contributed by atoms with Crippen molar-refractivity contribution in [3.05, 3.63) is 58.4 Å². The third-order valence-electron chi connectivity index (χ3n) is 9.81. The van der Waals surface area contributed by atoms with Gasteiger partial charge >= 0.3 is 6.09 Å². The van der Waals surface area contributed by atoms with Gasteiger partial charge in [-0.15, -0.1) is 0 Å². The van der Waals surface area contributed by atoms with Gasteiger partial charge < -0.3 is 25.6 Å². The first kappa shape index (κ1) is 34.9. The lowest BCUT2D eigenvalue weighted by molar-refractivity contribution is -0.127. The number of rotatable bonds is 8. The van der Waals surface area contributed by atoms with E-state index in [1.807, 2.05) is 0 Å². The van der Waals surface area contributed by atoms with Crippen molar-refractivity contribution in [1.82, 2.24) is 10.2 Å². The summed E-state index contributed by atoms with van der Waals surface area (Å²) in [4.78, 5) is 38.7. The van der Waals surface area contributed by atoms with E-state index < -0.39 is 85.9 Å². The molecule has 4 N–H and O–H groups in total. The number of ether oxygens (including phenoxy) is 1. The van der Waals surface area contributed by atoms with Crippen LogP contribution >= 0.6 is 11.6 Å². The number of nitrogens with one attached hydrogen (secondary N) is 2. The zero-order chi connectivity index (χ0) is 34.4. The Morgan fingerprint density at radius 2 is 1.70 bits per heavy atom. The van der Waals surface area contributed by atoms with Gasteiger partial charge in [-0.05, 0) is 55.7 Å². The van der Waals surface area contributed by atoms with Crippen LogP contribution in [0.5, 0.6) is 0 Å². The minimum atomic E-state index is -4.14. The van der Waals surface area contributed by atoms with Crippen LogP contribution in [0.3, 0.4) is 0 Å². The Bertz CT molecular complexity index is 1660. The molecule has 0 radical (unpaired) electrons. The molecule has 1 aliphatic heterocycles. The fraction of sp³-hybridized carbons (Fsp3) is 0.516. The SMILES string of the molecule is COC(=O)N1C[C@H](O)C[C@H]1C(=O)NCC(C)[C@@]1(O)[C@@H]2CC[C@H]1C[C@H](S(=O)(=O)c1cc(C(=O)Nc3cc(F)c(F)c(F)c3)ccc1Cl)C2. The molecule has 3 amide bonds. The number of likely N-dealkylation sites (tertiary alicyclic amines) is 1. The summed E-state index contributed by atoms with van der Waals surface area (Å²) in [6.07, 6.45) is -0.282. The topological polar surface area (TPSA) is 162 Å². The minimum absolute atomic E-state index is 0.0408. The maximum atomic E-state index is 13.9. The Balaban J connectivity index is 1.27. The van der Waals surface area contributed by atoms with Crippen LogP contribution in [-0.2, 0) is 19.4 Å². The van der Waals surface area contributed by atoms with Crippen molar-refractivity contribution in [3.8, 4) is 0 Å². The maximum Gasteiger partial charge on any atom is 0.410 e. The molecular formula is C31H35ClF3N3O8S. The van der Waals surface area contributed by atoms with E-state index in [0.717, 1.165) is 11.0 Å². The zero-order valence-electron chi connectivity index (χ0n) is 25.5. The van der Waals surface area contributed by atoms with Crippen LogP contribution in [0.4, 0.5) is 23.7 Å². The minimum Gasteiger partial charge on any atom is -0.453 e. The molecule has 7 atom stereocenters. The second-order valence-electron chi connectivity index (χ2n) is 12.5. The van der Waals surface area contributed by atoms with Gasteiger partial charge in [-0.2, -0.15) is 0 Å². The first-order valence-electron chi connectivity index (χ1n) is 15.1. The van der Waals surface area contributed by atoms with Gasteiger partial charge in [0.2, 0.25) is 5.91 Å². The first-order chi connectivity index (χ1) is 22.1. The summed E-state index contributed by atoms with van der Waals surface area (Å²) in [7, 11) is -2.96. The fourth-order valence-electron chi connectivity index (χ4n) is 7.39. The van der Waals surface area contributed by atoms with Gasteiger partial charge in [0, 0.05) is 42.3 Å². The number of anilines is 1. The predicted molar refractivity (Wildman–Crippen MR) is 163 cm³/mol. The Kier molecular flexibility index (Phi) is 9.84. The quantitative estimate of drug-likeness (QED) is 0.303. The van der Waals surface area contributed by atoms with Crippen molar-refractivity contribution >= 4 is 45.0 Å². The number of aliphatic hydroxyl groups excluding tert-OH is 1. The van der Waals surface area contributed by atoms with Crippen molar-refractivity contribution in [2.75, 3.05) is 25.5 Å². The van der Waals surface area contributed by atoms with Crippen LogP contribution < -0.4 is 10.6 Å². The van der Waals surface area contributed by atoms with Crippen molar-refractivity contribution in [2.45, 2.75) is 66.9 Å². The number of aliphatic hydroxyl groups is 2. The number of benzene rings is 2. The maximum absolute atomic E-state index is 13.9. The van der Waals surface area contributed by atoms with E-state index in [1.54, 1.807) is 6.92 Å². The molecule has 47 heavy (non-hydrogen) atoms. The molecule has 1 unspecified atom stereocenters. The Morgan fingerprint density at radius 3 is 2.30 bits per heavy atom. The molecule has 2 bridgehead atoms. The number of nitrogens with zero attached hydrogens (tertiary/aromatic N) is 1. The number of β-amino-alcohol motifs (C(OH)–C–C–N with tert-alkyl or cyclic N) is 1. The van der Waals surface area contributed by atoms with E-state index in [0.29, 0.717) is 25.0 Å². The summed E-state index contributed by atoms with van der Waals surface area (Å²) in [6.45, 7) is 1.77. The van der Waals surface area contributed by atoms with Gasteiger partial charge in [-0.3, -0.25) is 14.5 Å². The number of methoxy groups -OCH3 is 1. The Hall–Kier alpha value is -3.40. The molecule has 2 saturated carbocycles. The van der Waals surface area contributed by atoms with Gasteiger partial charge in [0.1, 0.15) is 6.04 Å². The van der Waals surface area contributed by atoms with Crippen LogP contribution in [0.2, 0.25) is 5.02 Å². The zero-order valence-corrected chi connectivity index (χ0v) is 27.1. The molecule has 3 fully saturated rings. The molecule has 2 aromatic rings. The lowest BCUT2D eigenvalue weighted by atomic mass is 9.68. The number of hydrogen-bond acceptors (Lipinski definition) is 8. The third kappa shape index (κ3) is 6.54. The first-order valence-corrected chi connectivity index (χ1v) is 17.0. The molecule has 2 aromatic carbocycles. The standard InChI is InChI=1S/C31H35ClF3N3O8S/c1-15(13-36-29(41)25-12-20(39)14-38(25)30(42)46-2)31(43)17-4-5-18(31)9-21(8-17)47(44,45)26-7-16(3-6-22(26)32)28(40)37-19-10-23(33)27(35)24(34)11-19/h3,6-7,10-11,15,17-18,20-21,25,39,43H,4-5,8-9,12-14H2,1-2H3,(H,36,41)(H,37,40)/t15?,17-,18+,20-,21-,25+,31-/m1/s1. The second kappa shape index (κ2) is 13.2. The molecule has 2 aliphatic carbocycles. The average molecular weight is 702 g/mol. The van der Waals surface area contributed by atoms with Crippen molar-refractivity contribution in [3.63, 3.8) is 0 Å². The Labute approximate surface area is 274 Å². The molecular weight excluding hydrogens is 667 g/mol. The highest BCUT2D eigenvalue weighted by Crippen LogP contribution is 2.55. The number of halogens is 4. The number of hydrogen-bond donors (Lipinski definition) is 4. The van der Waals surface area contributed by atoms with E-state index >= 15 is 0 Å². The summed E-state index contributed by atoms with van der Waals surface area (Å²) < 4.78 is 73.1. The molecule has 0 aromatic heterocycles. The molecule has 256 valence electrons. The van der Waals surface area contributed by atoms with Crippen LogP contribution in [0.25, 0.3) is 0 Å². The van der Waals surface area contributed by atoms with Crippen LogP contribution in [0.1, 0.15) is 49.4 Å². The summed E-state index contributed by atoms with van der Waals surface area (Å²) in [6, 6.07) is 3.78. The van der Waals surface area contributed by atoms with E-state index in [4.69, 9.17) is 16.3 Å².